The first-order valence-corrected chi connectivity index (χ1v) is 9.94. The smallest absolute Gasteiger partial charge is 0.297 e. The molecule has 4 aromatic rings. The van der Waals surface area contributed by atoms with E-state index in [0.717, 1.165) is 37.2 Å². The number of likely N-dealkylation sites (tertiary alicyclic amines) is 1. The van der Waals surface area contributed by atoms with Gasteiger partial charge in [-0.2, -0.15) is 4.98 Å². The van der Waals surface area contributed by atoms with E-state index in [0.29, 0.717) is 11.7 Å². The van der Waals surface area contributed by atoms with Crippen molar-refractivity contribution < 1.29 is 4.79 Å². The fourth-order valence-electron chi connectivity index (χ4n) is 3.81. The number of hydrogen-bond acceptors (Lipinski definition) is 6. The first kappa shape index (κ1) is 17.7. The molecule has 0 spiro atoms. The Morgan fingerprint density at radius 2 is 1.90 bits per heavy atom. The molecule has 0 atom stereocenters. The highest BCUT2D eigenvalue weighted by Gasteiger charge is 2.19. The van der Waals surface area contributed by atoms with E-state index >= 15 is 0 Å². The van der Waals surface area contributed by atoms with Crippen molar-refractivity contribution in [3.05, 3.63) is 48.5 Å². The molecule has 0 saturated carbocycles. The van der Waals surface area contributed by atoms with Crippen LogP contribution in [0.5, 0.6) is 0 Å². The number of nitrogens with one attached hydrogen (secondary N) is 1. The molecule has 1 aromatic carbocycles. The van der Waals surface area contributed by atoms with Crippen LogP contribution in [0.1, 0.15) is 29.9 Å². The molecule has 5 rings (SSSR count). The van der Waals surface area contributed by atoms with E-state index in [-0.39, 0.29) is 5.82 Å². The van der Waals surface area contributed by atoms with E-state index in [2.05, 4.69) is 34.8 Å². The predicted molar refractivity (Wildman–Crippen MR) is 109 cm³/mol. The summed E-state index contributed by atoms with van der Waals surface area (Å²) in [5.41, 5.74) is 1.86. The summed E-state index contributed by atoms with van der Waals surface area (Å²) in [6.45, 7) is 3.95. The minimum absolute atomic E-state index is 0.0679. The largest absolute Gasteiger partial charge is 0.309 e. The van der Waals surface area contributed by atoms with Crippen LogP contribution in [0.15, 0.2) is 42.7 Å². The molecule has 4 heterocycles. The van der Waals surface area contributed by atoms with Crippen molar-refractivity contribution in [2.45, 2.75) is 25.8 Å². The Hall–Kier alpha value is -3.33. The number of amides is 1. The van der Waals surface area contributed by atoms with Gasteiger partial charge in [0.25, 0.3) is 11.7 Å². The lowest BCUT2D eigenvalue weighted by molar-refractivity contribution is 0.101. The van der Waals surface area contributed by atoms with Crippen molar-refractivity contribution in [2.75, 3.05) is 25.0 Å². The third-order valence-electron chi connectivity index (χ3n) is 5.29. The predicted octanol–water partition coefficient (Wildman–Crippen LogP) is 2.21. The van der Waals surface area contributed by atoms with Gasteiger partial charge in [0, 0.05) is 25.5 Å². The van der Waals surface area contributed by atoms with Crippen LogP contribution >= 0.6 is 0 Å². The highest BCUT2D eigenvalue weighted by molar-refractivity contribution is 6.01. The molecule has 1 amide bonds. The third kappa shape index (κ3) is 3.56. The average molecular weight is 390 g/mol. The highest BCUT2D eigenvalue weighted by atomic mass is 16.2. The molecule has 3 aromatic heterocycles. The zero-order valence-corrected chi connectivity index (χ0v) is 16.0. The quantitative estimate of drug-likeness (QED) is 0.562. The monoisotopic (exact) mass is 390 g/mol. The molecule has 9 heteroatoms. The molecule has 0 bridgehead atoms. The summed E-state index contributed by atoms with van der Waals surface area (Å²) in [6.07, 6.45) is 7.14. The van der Waals surface area contributed by atoms with Gasteiger partial charge in [0.15, 0.2) is 0 Å². The van der Waals surface area contributed by atoms with Gasteiger partial charge in [0.1, 0.15) is 0 Å². The third-order valence-corrected chi connectivity index (χ3v) is 5.29. The topological polar surface area (TPSA) is 93.2 Å². The van der Waals surface area contributed by atoms with E-state index in [1.807, 2.05) is 24.3 Å². The molecule has 1 fully saturated rings. The van der Waals surface area contributed by atoms with Gasteiger partial charge in [0.05, 0.1) is 11.0 Å². The maximum atomic E-state index is 12.8. The van der Waals surface area contributed by atoms with Crippen molar-refractivity contribution in [1.82, 2.24) is 34.0 Å². The Morgan fingerprint density at radius 1 is 1.03 bits per heavy atom. The van der Waals surface area contributed by atoms with Gasteiger partial charge in [-0.25, -0.2) is 14.5 Å². The number of fused-ring (bicyclic) bond motifs is 2. The number of rotatable bonds is 5. The lowest BCUT2D eigenvalue weighted by Gasteiger charge is -2.26. The number of carbonyl (C=O) groups excluding carboxylic acids is 1. The highest BCUT2D eigenvalue weighted by Crippen LogP contribution is 2.20. The van der Waals surface area contributed by atoms with Crippen molar-refractivity contribution in [2.24, 2.45) is 0 Å². The van der Waals surface area contributed by atoms with Gasteiger partial charge in [0.2, 0.25) is 11.8 Å². The Balaban J connectivity index is 1.41. The van der Waals surface area contributed by atoms with Crippen LogP contribution in [-0.2, 0) is 6.54 Å². The molecule has 1 aliphatic heterocycles. The number of imidazole rings is 1. The number of benzene rings is 1. The number of anilines is 1. The Labute approximate surface area is 167 Å². The molecule has 29 heavy (non-hydrogen) atoms. The van der Waals surface area contributed by atoms with E-state index < -0.39 is 5.91 Å². The van der Waals surface area contributed by atoms with E-state index in [4.69, 9.17) is 0 Å². The second-order valence-electron chi connectivity index (χ2n) is 7.23. The summed E-state index contributed by atoms with van der Waals surface area (Å²) >= 11 is 0. The van der Waals surface area contributed by atoms with E-state index in [1.54, 1.807) is 18.5 Å². The van der Waals surface area contributed by atoms with Crippen LogP contribution in [-0.4, -0.2) is 59.6 Å². The molecule has 1 N–H and O–H groups in total. The second kappa shape index (κ2) is 7.59. The van der Waals surface area contributed by atoms with Crippen LogP contribution in [0.25, 0.3) is 16.8 Å². The van der Waals surface area contributed by atoms with Gasteiger partial charge >= 0.3 is 0 Å². The number of piperidine rings is 1. The summed E-state index contributed by atoms with van der Waals surface area (Å²) in [5, 5.41) is 7.09. The van der Waals surface area contributed by atoms with E-state index in [1.165, 1.54) is 23.8 Å². The lowest BCUT2D eigenvalue weighted by Crippen LogP contribution is -2.32. The molecule has 1 saturated heterocycles. The summed E-state index contributed by atoms with van der Waals surface area (Å²) in [4.78, 5) is 28.2. The molecular formula is C20H22N8O. The molecule has 0 radical (unpaired) electrons. The summed E-state index contributed by atoms with van der Waals surface area (Å²) in [7, 11) is 0. The van der Waals surface area contributed by atoms with Gasteiger partial charge in [-0.15, -0.1) is 5.10 Å². The van der Waals surface area contributed by atoms with Gasteiger partial charge in [-0.05, 0) is 44.1 Å². The summed E-state index contributed by atoms with van der Waals surface area (Å²) in [5.74, 6) is 0.569. The minimum Gasteiger partial charge on any atom is -0.309 e. The van der Waals surface area contributed by atoms with Crippen molar-refractivity contribution in [3.8, 4) is 0 Å². The molecule has 9 nitrogen and oxygen atoms in total. The zero-order valence-electron chi connectivity index (χ0n) is 16.0. The maximum Gasteiger partial charge on any atom is 0.297 e. The second-order valence-corrected chi connectivity index (χ2v) is 7.23. The van der Waals surface area contributed by atoms with Crippen molar-refractivity contribution >= 4 is 28.7 Å². The van der Waals surface area contributed by atoms with Gasteiger partial charge < -0.3 is 9.47 Å². The molecular weight excluding hydrogens is 368 g/mol. The number of carbonyl (C=O) groups is 1. The van der Waals surface area contributed by atoms with Crippen LogP contribution in [0, 0.1) is 0 Å². The van der Waals surface area contributed by atoms with Crippen LogP contribution in [0.4, 0.5) is 5.95 Å². The lowest BCUT2D eigenvalue weighted by atomic mass is 10.1. The Kier molecular flexibility index (Phi) is 4.65. The number of hydrogen-bond donors (Lipinski definition) is 1. The first-order valence-electron chi connectivity index (χ1n) is 9.94. The fourth-order valence-corrected chi connectivity index (χ4v) is 3.81. The number of nitrogens with zero attached hydrogens (tertiary/aromatic N) is 7. The first-order chi connectivity index (χ1) is 14.3. The van der Waals surface area contributed by atoms with Gasteiger partial charge in [-0.3, -0.25) is 10.1 Å². The number of aromatic nitrogens is 6. The minimum atomic E-state index is -0.398. The van der Waals surface area contributed by atoms with Crippen LogP contribution in [0.3, 0.4) is 0 Å². The Morgan fingerprint density at radius 3 is 2.76 bits per heavy atom. The van der Waals surface area contributed by atoms with Crippen LogP contribution < -0.4 is 5.32 Å². The van der Waals surface area contributed by atoms with Gasteiger partial charge in [-0.1, -0.05) is 18.6 Å². The summed E-state index contributed by atoms with van der Waals surface area (Å²) in [6, 6.07) is 9.66. The average Bonchev–Trinajstić information content (AvgIpc) is 3.34. The van der Waals surface area contributed by atoms with Crippen molar-refractivity contribution in [1.29, 1.82) is 0 Å². The molecule has 148 valence electrons. The number of para-hydroxylation sites is 2. The SMILES string of the molecule is O=C(Nc1nc2ccccc2n1CCN1CCCCC1)c1nc2ncccn2n1. The molecule has 0 unspecified atom stereocenters. The standard InChI is InChI=1S/C20H22N8O/c29-18(17-23-19-21-9-6-12-28(19)25-17)24-20-22-15-7-2-3-8-16(15)27(20)14-13-26-10-4-1-5-11-26/h2-3,6-9,12H,1,4-5,10-11,13-14H2,(H,22,24,29). The molecule has 1 aliphatic rings. The van der Waals surface area contributed by atoms with Crippen molar-refractivity contribution in [3.63, 3.8) is 0 Å². The maximum absolute atomic E-state index is 12.8. The Bertz CT molecular complexity index is 1120. The normalized spacial score (nSPS) is 15.2. The van der Waals surface area contributed by atoms with Crippen LogP contribution in [0.2, 0.25) is 0 Å². The zero-order chi connectivity index (χ0) is 19.6. The summed E-state index contributed by atoms with van der Waals surface area (Å²) < 4.78 is 3.55. The fraction of sp³-hybridized carbons (Fsp3) is 0.350. The molecule has 0 aliphatic carbocycles. The van der Waals surface area contributed by atoms with E-state index in [9.17, 15) is 4.79 Å².